The second-order valence-electron chi connectivity index (χ2n) is 12.0. The van der Waals surface area contributed by atoms with E-state index in [4.69, 9.17) is 0 Å². The molecule has 6 aromatic rings. The number of nitrogens with zero attached hydrogens (tertiary/aromatic N) is 2. The Labute approximate surface area is 292 Å². The zero-order chi connectivity index (χ0) is 36.0. The molecule has 0 spiro atoms. The topological polar surface area (TPSA) is 57.4 Å². The molecular weight excluding hydrogens is 674 g/mol. The molecule has 8 rings (SSSR count). The molecule has 2 aliphatic heterocycles. The lowest BCUT2D eigenvalue weighted by Crippen LogP contribution is -2.09. The third-order valence-electron chi connectivity index (χ3n) is 8.67. The van der Waals surface area contributed by atoms with Crippen LogP contribution in [0.3, 0.4) is 0 Å². The van der Waals surface area contributed by atoms with Crippen molar-refractivity contribution in [2.45, 2.75) is 12.4 Å². The van der Waals surface area contributed by atoms with Crippen LogP contribution in [0.5, 0.6) is 0 Å². The van der Waals surface area contributed by atoms with Gasteiger partial charge in [0, 0.05) is 27.7 Å². The maximum Gasteiger partial charge on any atom is 0.420 e. The molecule has 2 aliphatic rings. The van der Waals surface area contributed by atoms with Gasteiger partial charge in [-0.25, -0.2) is 9.97 Å². The van der Waals surface area contributed by atoms with Crippen LogP contribution in [-0.2, 0) is 12.4 Å². The van der Waals surface area contributed by atoms with Crippen molar-refractivity contribution in [1.29, 1.82) is 0 Å². The van der Waals surface area contributed by atoms with Crippen molar-refractivity contribution >= 4 is 46.4 Å². The van der Waals surface area contributed by atoms with Crippen molar-refractivity contribution in [3.8, 4) is 34.1 Å². The molecule has 0 aliphatic carbocycles. The average Bonchev–Trinajstić information content (AvgIpc) is 3.95. The number of benzene rings is 3. The number of rotatable bonds is 2. The molecule has 0 unspecified atom stereocenters. The smallest absolute Gasteiger partial charge is 0.354 e. The maximum atomic E-state index is 15.4. The van der Waals surface area contributed by atoms with Gasteiger partial charge in [-0.3, -0.25) is 0 Å². The Kier molecular flexibility index (Phi) is 7.91. The lowest BCUT2D eigenvalue weighted by Gasteiger charge is -2.09. The van der Waals surface area contributed by atoms with E-state index in [-0.39, 0.29) is 50.3 Å². The van der Waals surface area contributed by atoms with Crippen LogP contribution >= 0.6 is 0 Å². The minimum absolute atomic E-state index is 0.0250. The third kappa shape index (κ3) is 6.07. The monoisotopic (exact) mass is 698 g/mol. The van der Waals surface area contributed by atoms with Gasteiger partial charge in [0.15, 0.2) is 0 Å². The van der Waals surface area contributed by atoms with Crippen LogP contribution < -0.4 is 0 Å². The molecule has 10 heteroatoms. The van der Waals surface area contributed by atoms with Gasteiger partial charge >= 0.3 is 12.4 Å². The molecule has 254 valence electrons. The summed E-state index contributed by atoms with van der Waals surface area (Å²) in [7, 11) is 0. The standard InChI is InChI=1S/C42H24F6N4/c43-41(44,45)38-32-21-18-29(49-32)36(26-12-6-2-7-13-26)30-20-23-34(51-30)39(42(46,47)48)40-28(17-16-25-10-4-1-5-11-25)24-35(52-40)37(27-14-8-3-9-15-27)31-19-22-33(38)50-31/h1-15,18-24,50,52H. The summed E-state index contributed by atoms with van der Waals surface area (Å²) in [5.74, 6) is 5.89. The summed E-state index contributed by atoms with van der Waals surface area (Å²) in [5, 5.41) is 0. The van der Waals surface area contributed by atoms with Crippen molar-refractivity contribution in [2.24, 2.45) is 0 Å². The molecule has 0 atom stereocenters. The highest BCUT2D eigenvalue weighted by Crippen LogP contribution is 2.41. The summed E-state index contributed by atoms with van der Waals surface area (Å²) in [6, 6.07) is 30.3. The number of nitrogens with one attached hydrogen (secondary N) is 2. The maximum absolute atomic E-state index is 15.4. The highest BCUT2D eigenvalue weighted by atomic mass is 19.4. The molecule has 0 saturated heterocycles. The zero-order valence-corrected chi connectivity index (χ0v) is 26.9. The van der Waals surface area contributed by atoms with Crippen molar-refractivity contribution < 1.29 is 26.3 Å². The van der Waals surface area contributed by atoms with Gasteiger partial charge in [-0.1, -0.05) is 90.7 Å². The fourth-order valence-corrected chi connectivity index (χ4v) is 6.46. The first-order valence-corrected chi connectivity index (χ1v) is 16.1. The predicted octanol–water partition coefficient (Wildman–Crippen LogP) is 11.4. The van der Waals surface area contributed by atoms with Gasteiger partial charge in [-0.15, -0.1) is 0 Å². The number of alkyl halides is 6. The number of hydrogen-bond donors (Lipinski definition) is 2. The Morgan fingerprint density at radius 3 is 1.54 bits per heavy atom. The molecular formula is C42H24F6N4. The van der Waals surface area contributed by atoms with Gasteiger partial charge in [0.25, 0.3) is 0 Å². The van der Waals surface area contributed by atoms with E-state index in [2.05, 4.69) is 31.8 Å². The van der Waals surface area contributed by atoms with Crippen molar-refractivity contribution in [1.82, 2.24) is 19.9 Å². The SMILES string of the molecule is FC(F)(F)c1c2nc(c(-c3ccccc3)c3nc(c(C(F)(F)F)c4[nH]c(cc4C#Cc4ccccc4)c(-c4ccccc4)c4ccc1[nH]4)C=C3)C=C2. The van der Waals surface area contributed by atoms with E-state index in [0.29, 0.717) is 22.3 Å². The fraction of sp³-hybridized carbons (Fsp3) is 0.0476. The minimum Gasteiger partial charge on any atom is -0.354 e. The first-order chi connectivity index (χ1) is 25.0. The number of aromatic nitrogens is 4. The Bertz CT molecular complexity index is 2640. The first-order valence-electron chi connectivity index (χ1n) is 16.1. The van der Waals surface area contributed by atoms with Gasteiger partial charge in [-0.05, 0) is 65.8 Å². The number of fused-ring (bicyclic) bond motifs is 8. The van der Waals surface area contributed by atoms with Crippen LogP contribution in [-0.4, -0.2) is 19.9 Å². The number of H-pyrrole nitrogens is 2. The van der Waals surface area contributed by atoms with Crippen molar-refractivity contribution in [3.05, 3.63) is 154 Å². The molecule has 0 radical (unpaired) electrons. The normalized spacial score (nSPS) is 12.5. The Morgan fingerprint density at radius 2 is 0.962 bits per heavy atom. The molecule has 2 N–H and O–H groups in total. The molecule has 5 heterocycles. The largest absolute Gasteiger partial charge is 0.420 e. The highest BCUT2D eigenvalue weighted by molar-refractivity contribution is 5.97. The lowest BCUT2D eigenvalue weighted by atomic mass is 10.0. The average molecular weight is 699 g/mol. The van der Waals surface area contributed by atoms with E-state index in [9.17, 15) is 13.2 Å². The van der Waals surface area contributed by atoms with Crippen molar-refractivity contribution in [2.75, 3.05) is 0 Å². The Balaban J connectivity index is 1.61. The quantitative estimate of drug-likeness (QED) is 0.139. The second-order valence-corrected chi connectivity index (χ2v) is 12.0. The summed E-state index contributed by atoms with van der Waals surface area (Å²) in [6.07, 6.45) is -4.38. The summed E-state index contributed by atoms with van der Waals surface area (Å²) in [6.45, 7) is 0. The summed E-state index contributed by atoms with van der Waals surface area (Å²) < 4.78 is 91.0. The van der Waals surface area contributed by atoms with Gasteiger partial charge in [0.05, 0.1) is 39.4 Å². The van der Waals surface area contributed by atoms with Gasteiger partial charge in [-0.2, -0.15) is 26.3 Å². The molecule has 0 saturated carbocycles. The molecule has 52 heavy (non-hydrogen) atoms. The van der Waals surface area contributed by atoms with Crippen molar-refractivity contribution in [3.63, 3.8) is 0 Å². The molecule has 4 nitrogen and oxygen atoms in total. The number of aromatic amines is 2. The van der Waals surface area contributed by atoms with E-state index >= 15 is 13.2 Å². The summed E-state index contributed by atoms with van der Waals surface area (Å²) in [4.78, 5) is 14.8. The Morgan fingerprint density at radius 1 is 0.462 bits per heavy atom. The van der Waals surface area contributed by atoms with E-state index in [1.165, 1.54) is 42.5 Å². The first kappa shape index (κ1) is 32.6. The van der Waals surface area contributed by atoms with Crippen LogP contribution in [0.2, 0.25) is 0 Å². The van der Waals surface area contributed by atoms with Gasteiger partial charge in [0.2, 0.25) is 0 Å². The number of halogens is 6. The molecule has 0 amide bonds. The molecule has 3 aromatic heterocycles. The van der Waals surface area contributed by atoms with Crippen LogP contribution in [0, 0.1) is 11.8 Å². The summed E-state index contributed by atoms with van der Waals surface area (Å²) >= 11 is 0. The predicted molar refractivity (Wildman–Crippen MR) is 192 cm³/mol. The zero-order valence-electron chi connectivity index (χ0n) is 26.9. The molecule has 0 fully saturated rings. The van der Waals surface area contributed by atoms with E-state index < -0.39 is 29.2 Å². The van der Waals surface area contributed by atoms with Crippen LogP contribution in [0.4, 0.5) is 26.3 Å². The van der Waals surface area contributed by atoms with Crippen LogP contribution in [0.15, 0.2) is 109 Å². The van der Waals surface area contributed by atoms with Crippen LogP contribution in [0.25, 0.3) is 68.6 Å². The minimum atomic E-state index is -4.91. The number of hydrogen-bond acceptors (Lipinski definition) is 2. The molecule has 8 bridgehead atoms. The van der Waals surface area contributed by atoms with E-state index in [0.717, 1.165) is 0 Å². The van der Waals surface area contributed by atoms with Crippen LogP contribution in [0.1, 0.15) is 45.0 Å². The van der Waals surface area contributed by atoms with Gasteiger partial charge in [0.1, 0.15) is 11.1 Å². The Hall–Kier alpha value is -6.60. The van der Waals surface area contributed by atoms with E-state index in [1.807, 2.05) is 0 Å². The van der Waals surface area contributed by atoms with Gasteiger partial charge < -0.3 is 9.97 Å². The fourth-order valence-electron chi connectivity index (χ4n) is 6.46. The lowest BCUT2D eigenvalue weighted by molar-refractivity contribution is -0.137. The summed E-state index contributed by atoms with van der Waals surface area (Å²) in [5.41, 5.74) is -0.460. The van der Waals surface area contributed by atoms with E-state index in [1.54, 1.807) is 91.0 Å². The third-order valence-corrected chi connectivity index (χ3v) is 8.67. The highest BCUT2D eigenvalue weighted by Gasteiger charge is 2.38. The second kappa shape index (κ2) is 12.6. The molecule has 3 aromatic carbocycles.